The van der Waals surface area contributed by atoms with E-state index in [-0.39, 0.29) is 10.8 Å². The number of allylic oxidation sites excluding steroid dienone is 1. The van der Waals surface area contributed by atoms with E-state index in [9.17, 15) is 10.1 Å². The topological polar surface area (TPSA) is 70.8 Å². The molecule has 0 aliphatic heterocycles. The van der Waals surface area contributed by atoms with Gasteiger partial charge in [-0.1, -0.05) is 18.2 Å². The largest absolute Gasteiger partial charge is 0.493 e. The Labute approximate surface area is 123 Å². The summed E-state index contributed by atoms with van der Waals surface area (Å²) in [5.74, 6) is 1.28. The van der Waals surface area contributed by atoms with Crippen LogP contribution in [0.5, 0.6) is 17.2 Å². The van der Waals surface area contributed by atoms with Crippen molar-refractivity contribution >= 4 is 0 Å². The van der Waals surface area contributed by atoms with Gasteiger partial charge < -0.3 is 14.2 Å². The Balaban J connectivity index is 2.52. The van der Waals surface area contributed by atoms with E-state index in [1.165, 1.54) is 14.2 Å². The highest BCUT2D eigenvalue weighted by Gasteiger charge is 2.36. The van der Waals surface area contributed by atoms with E-state index in [1.807, 2.05) is 18.2 Å². The summed E-state index contributed by atoms with van der Waals surface area (Å²) in [6.45, 7) is 0. The average molecular weight is 293 g/mol. The minimum atomic E-state index is -0.651. The predicted molar refractivity (Wildman–Crippen MR) is 78.0 cm³/mol. The predicted octanol–water partition coefficient (Wildman–Crippen LogP) is 2.79. The van der Waals surface area contributed by atoms with Crippen molar-refractivity contribution in [3.8, 4) is 17.2 Å². The highest BCUT2D eigenvalue weighted by molar-refractivity contribution is 5.57. The molecule has 0 aromatic heterocycles. The van der Waals surface area contributed by atoms with E-state index in [0.717, 1.165) is 5.56 Å². The van der Waals surface area contributed by atoms with Gasteiger partial charge in [-0.3, -0.25) is 10.1 Å². The molecular weight excluding hydrogens is 274 g/mol. The van der Waals surface area contributed by atoms with Crippen molar-refractivity contribution in [3.05, 3.63) is 40.0 Å². The minimum absolute atomic E-state index is 0.218. The molecular formula is C15H19NO5. The first-order valence-electron chi connectivity index (χ1n) is 6.71. The average Bonchev–Trinajstić information content (AvgIpc) is 2.53. The Hall–Kier alpha value is -2.24. The summed E-state index contributed by atoms with van der Waals surface area (Å²) in [7, 11) is 4.59. The third-order valence-corrected chi connectivity index (χ3v) is 3.80. The van der Waals surface area contributed by atoms with Crippen LogP contribution in [0.15, 0.2) is 24.3 Å². The second-order valence-electron chi connectivity index (χ2n) is 4.83. The van der Waals surface area contributed by atoms with E-state index < -0.39 is 6.04 Å². The van der Waals surface area contributed by atoms with Gasteiger partial charge in [0.05, 0.1) is 27.2 Å². The molecule has 1 aromatic rings. The molecule has 0 saturated carbocycles. The zero-order valence-corrected chi connectivity index (χ0v) is 12.4. The van der Waals surface area contributed by atoms with Crippen molar-refractivity contribution in [2.24, 2.45) is 0 Å². The molecule has 0 N–H and O–H groups in total. The molecule has 1 aliphatic rings. The first kappa shape index (κ1) is 15.2. The quantitative estimate of drug-likeness (QED) is 0.474. The Morgan fingerprint density at radius 1 is 1.05 bits per heavy atom. The third kappa shape index (κ3) is 2.79. The number of rotatable bonds is 5. The van der Waals surface area contributed by atoms with Crippen LogP contribution in [-0.4, -0.2) is 32.3 Å². The van der Waals surface area contributed by atoms with Crippen molar-refractivity contribution in [3.63, 3.8) is 0 Å². The molecule has 0 unspecified atom stereocenters. The summed E-state index contributed by atoms with van der Waals surface area (Å²) in [5, 5.41) is 11.3. The van der Waals surface area contributed by atoms with Crippen LogP contribution in [0.3, 0.4) is 0 Å². The van der Waals surface area contributed by atoms with Gasteiger partial charge in [0.25, 0.3) is 0 Å². The van der Waals surface area contributed by atoms with Crippen LogP contribution in [0.4, 0.5) is 0 Å². The summed E-state index contributed by atoms with van der Waals surface area (Å²) in [5.41, 5.74) is 0.779. The summed E-state index contributed by atoms with van der Waals surface area (Å²) in [4.78, 5) is 11.1. The summed E-state index contributed by atoms with van der Waals surface area (Å²) < 4.78 is 16.0. The number of ether oxygens (including phenoxy) is 3. The lowest BCUT2D eigenvalue weighted by Gasteiger charge is -2.25. The van der Waals surface area contributed by atoms with Gasteiger partial charge >= 0.3 is 0 Å². The van der Waals surface area contributed by atoms with Crippen LogP contribution in [0.25, 0.3) is 0 Å². The maximum absolute atomic E-state index is 11.3. The molecule has 0 radical (unpaired) electrons. The smallest absolute Gasteiger partial charge is 0.223 e. The number of hydrogen-bond acceptors (Lipinski definition) is 5. The Morgan fingerprint density at radius 3 is 2.29 bits per heavy atom. The Morgan fingerprint density at radius 2 is 1.71 bits per heavy atom. The van der Waals surface area contributed by atoms with Crippen LogP contribution < -0.4 is 14.2 Å². The zero-order valence-electron chi connectivity index (χ0n) is 12.4. The van der Waals surface area contributed by atoms with Gasteiger partial charge in [0.1, 0.15) is 0 Å². The van der Waals surface area contributed by atoms with E-state index in [0.29, 0.717) is 30.1 Å². The van der Waals surface area contributed by atoms with Crippen molar-refractivity contribution in [1.29, 1.82) is 0 Å². The fraction of sp³-hybridized carbons (Fsp3) is 0.467. The second kappa shape index (κ2) is 6.47. The van der Waals surface area contributed by atoms with Crippen molar-refractivity contribution in [2.75, 3.05) is 21.3 Å². The number of methoxy groups -OCH3 is 3. The Kier molecular flexibility index (Phi) is 4.67. The molecule has 0 saturated heterocycles. The zero-order chi connectivity index (χ0) is 15.4. The van der Waals surface area contributed by atoms with E-state index in [1.54, 1.807) is 13.2 Å². The van der Waals surface area contributed by atoms with Gasteiger partial charge in [-0.15, -0.1) is 0 Å². The van der Waals surface area contributed by atoms with Crippen molar-refractivity contribution in [2.45, 2.75) is 24.8 Å². The molecule has 6 nitrogen and oxygen atoms in total. The summed E-state index contributed by atoms with van der Waals surface area (Å²) in [6.07, 6.45) is 4.87. The van der Waals surface area contributed by atoms with Crippen LogP contribution in [-0.2, 0) is 0 Å². The Bertz CT molecular complexity index is 555. The van der Waals surface area contributed by atoms with Gasteiger partial charge in [-0.05, 0) is 12.5 Å². The lowest BCUT2D eigenvalue weighted by Crippen LogP contribution is -2.29. The van der Waals surface area contributed by atoms with Gasteiger partial charge in [0.2, 0.25) is 11.8 Å². The molecule has 2 atom stereocenters. The fourth-order valence-corrected chi connectivity index (χ4v) is 2.78. The highest BCUT2D eigenvalue weighted by atomic mass is 16.6. The highest BCUT2D eigenvalue weighted by Crippen LogP contribution is 2.45. The summed E-state index contributed by atoms with van der Waals surface area (Å²) >= 11 is 0. The first-order chi connectivity index (χ1) is 10.1. The fourth-order valence-electron chi connectivity index (χ4n) is 2.78. The van der Waals surface area contributed by atoms with Gasteiger partial charge in [0.15, 0.2) is 11.5 Å². The maximum atomic E-state index is 11.3. The maximum Gasteiger partial charge on any atom is 0.223 e. The number of nitrogens with zero attached hydrogens (tertiary/aromatic N) is 1. The number of benzene rings is 1. The van der Waals surface area contributed by atoms with Gasteiger partial charge in [-0.2, -0.15) is 0 Å². The molecule has 6 heteroatoms. The standard InChI is InChI=1S/C15H19NO5/c1-19-13-9-8-11(14(20-2)15(13)21-3)10-6-4-5-7-12(10)16(17)18/h4-5,8-10,12H,6-7H2,1-3H3/t10-,12-/m0/s1. The van der Waals surface area contributed by atoms with Gasteiger partial charge in [-0.25, -0.2) is 0 Å². The van der Waals surface area contributed by atoms with Crippen LogP contribution in [0, 0.1) is 10.1 Å². The normalized spacial score (nSPS) is 20.9. The minimum Gasteiger partial charge on any atom is -0.493 e. The molecule has 2 rings (SSSR count). The van der Waals surface area contributed by atoms with Crippen LogP contribution >= 0.6 is 0 Å². The molecule has 1 aromatic carbocycles. The van der Waals surface area contributed by atoms with Crippen molar-refractivity contribution in [1.82, 2.24) is 0 Å². The molecule has 0 spiro atoms. The van der Waals surface area contributed by atoms with Crippen molar-refractivity contribution < 1.29 is 19.1 Å². The van der Waals surface area contributed by atoms with E-state index >= 15 is 0 Å². The first-order valence-corrected chi connectivity index (χ1v) is 6.71. The SMILES string of the molecule is COc1ccc([C@@H]2CC=CC[C@@H]2[N+](=O)[O-])c(OC)c1OC. The van der Waals surface area contributed by atoms with E-state index in [2.05, 4.69) is 0 Å². The molecule has 0 amide bonds. The number of nitro groups is 1. The lowest BCUT2D eigenvalue weighted by molar-refractivity contribution is -0.526. The monoisotopic (exact) mass is 293 g/mol. The molecule has 0 heterocycles. The number of hydrogen-bond donors (Lipinski definition) is 0. The molecule has 0 fully saturated rings. The molecule has 0 bridgehead atoms. The summed E-state index contributed by atoms with van der Waals surface area (Å²) in [6, 6.07) is 2.92. The molecule has 1 aliphatic carbocycles. The van der Waals surface area contributed by atoms with E-state index in [4.69, 9.17) is 14.2 Å². The second-order valence-corrected chi connectivity index (χ2v) is 4.83. The van der Waals surface area contributed by atoms with Crippen LogP contribution in [0.1, 0.15) is 24.3 Å². The molecule has 21 heavy (non-hydrogen) atoms. The van der Waals surface area contributed by atoms with Gasteiger partial charge in [0, 0.05) is 16.9 Å². The molecule has 114 valence electrons. The van der Waals surface area contributed by atoms with Crippen LogP contribution in [0.2, 0.25) is 0 Å². The lowest BCUT2D eigenvalue weighted by atomic mass is 9.83. The third-order valence-electron chi connectivity index (χ3n) is 3.80.